The van der Waals surface area contributed by atoms with E-state index in [1.807, 2.05) is 25.2 Å². The Morgan fingerprint density at radius 2 is 1.86 bits per heavy atom. The fourth-order valence-corrected chi connectivity index (χ4v) is 3.07. The molecule has 0 aliphatic rings. The summed E-state index contributed by atoms with van der Waals surface area (Å²) in [5, 5.41) is 13.7. The molecule has 0 amide bonds. The number of nitrogens with one attached hydrogen (secondary N) is 1. The second kappa shape index (κ2) is 11.8. The van der Waals surface area contributed by atoms with Crippen molar-refractivity contribution in [2.75, 3.05) is 33.9 Å². The zero-order chi connectivity index (χ0) is 21.2. The summed E-state index contributed by atoms with van der Waals surface area (Å²) in [6.45, 7) is 8.85. The van der Waals surface area contributed by atoms with Crippen LogP contribution in [0.25, 0.3) is 0 Å². The van der Waals surface area contributed by atoms with Crippen LogP contribution in [0, 0.1) is 6.92 Å². The van der Waals surface area contributed by atoms with E-state index in [0.29, 0.717) is 24.1 Å². The number of likely N-dealkylation sites (N-methyl/N-ethyl adjacent to an activating group) is 1. The minimum Gasteiger partial charge on any atom is -0.493 e. The topological polar surface area (TPSA) is 54.0 Å². The molecule has 0 saturated heterocycles. The normalized spacial score (nSPS) is 12.4. The van der Waals surface area contributed by atoms with E-state index in [9.17, 15) is 5.11 Å². The van der Waals surface area contributed by atoms with E-state index in [1.54, 1.807) is 7.11 Å². The SMILES string of the molecule is COc1cc(CNCCc2ccccc2C)ccc1OCC(O)CN(C)C(C)C. The molecule has 1 unspecified atom stereocenters. The van der Waals surface area contributed by atoms with Gasteiger partial charge in [-0.05, 0) is 69.6 Å². The Kier molecular flexibility index (Phi) is 9.45. The maximum absolute atomic E-state index is 10.2. The number of hydrogen-bond acceptors (Lipinski definition) is 5. The standard InChI is InChI=1S/C24H36N2O3/c1-18(2)26(4)16-22(27)17-29-23-11-10-20(14-24(23)28-5)15-25-13-12-21-9-7-6-8-19(21)3/h6-11,14,18,22,25,27H,12-13,15-17H2,1-5H3. The lowest BCUT2D eigenvalue weighted by molar-refractivity contribution is 0.0668. The molecule has 29 heavy (non-hydrogen) atoms. The average molecular weight is 401 g/mol. The molecular formula is C24H36N2O3. The Labute approximate surface area is 175 Å². The zero-order valence-electron chi connectivity index (χ0n) is 18.4. The molecule has 2 N–H and O–H groups in total. The van der Waals surface area contributed by atoms with E-state index in [0.717, 1.165) is 25.1 Å². The van der Waals surface area contributed by atoms with Gasteiger partial charge in [0.25, 0.3) is 0 Å². The van der Waals surface area contributed by atoms with Crippen LogP contribution in [0.2, 0.25) is 0 Å². The highest BCUT2D eigenvalue weighted by atomic mass is 16.5. The lowest BCUT2D eigenvalue weighted by Gasteiger charge is -2.24. The van der Waals surface area contributed by atoms with Gasteiger partial charge in [-0.2, -0.15) is 0 Å². The summed E-state index contributed by atoms with van der Waals surface area (Å²) in [6, 6.07) is 14.8. The van der Waals surface area contributed by atoms with Crippen LogP contribution in [0.4, 0.5) is 0 Å². The van der Waals surface area contributed by atoms with Crippen LogP contribution in [-0.2, 0) is 13.0 Å². The Bertz CT molecular complexity index is 749. The molecule has 1 atom stereocenters. The van der Waals surface area contributed by atoms with Gasteiger partial charge in [0.1, 0.15) is 12.7 Å². The van der Waals surface area contributed by atoms with Crippen molar-refractivity contribution in [1.29, 1.82) is 0 Å². The molecule has 2 rings (SSSR count). The van der Waals surface area contributed by atoms with Gasteiger partial charge in [0.15, 0.2) is 11.5 Å². The van der Waals surface area contributed by atoms with Crippen molar-refractivity contribution in [3.8, 4) is 11.5 Å². The molecule has 0 aromatic heterocycles. The summed E-state index contributed by atoms with van der Waals surface area (Å²) in [5.41, 5.74) is 3.85. The first-order valence-corrected chi connectivity index (χ1v) is 10.3. The average Bonchev–Trinajstić information content (AvgIpc) is 2.71. The second-order valence-corrected chi connectivity index (χ2v) is 7.84. The van der Waals surface area contributed by atoms with Crippen LogP contribution >= 0.6 is 0 Å². The lowest BCUT2D eigenvalue weighted by Crippen LogP contribution is -2.36. The highest BCUT2D eigenvalue weighted by Crippen LogP contribution is 2.28. The summed E-state index contributed by atoms with van der Waals surface area (Å²) in [4.78, 5) is 2.09. The molecule has 0 bridgehead atoms. The summed E-state index contributed by atoms with van der Waals surface area (Å²) < 4.78 is 11.3. The molecule has 0 aliphatic carbocycles. The minimum atomic E-state index is -0.546. The van der Waals surface area contributed by atoms with Crippen molar-refractivity contribution in [3.63, 3.8) is 0 Å². The molecule has 0 spiro atoms. The third-order valence-electron chi connectivity index (χ3n) is 5.20. The molecule has 2 aromatic rings. The molecule has 160 valence electrons. The van der Waals surface area contributed by atoms with Gasteiger partial charge in [0.05, 0.1) is 7.11 Å². The molecule has 5 heteroatoms. The van der Waals surface area contributed by atoms with Crippen molar-refractivity contribution < 1.29 is 14.6 Å². The van der Waals surface area contributed by atoms with E-state index in [2.05, 4.69) is 55.3 Å². The first-order chi connectivity index (χ1) is 13.9. The minimum absolute atomic E-state index is 0.238. The molecule has 0 aliphatic heterocycles. The number of ether oxygens (including phenoxy) is 2. The number of aliphatic hydroxyl groups is 1. The lowest BCUT2D eigenvalue weighted by atomic mass is 10.1. The molecule has 0 radical (unpaired) electrons. The molecule has 0 fully saturated rings. The third kappa shape index (κ3) is 7.69. The Hall–Kier alpha value is -2.08. The van der Waals surface area contributed by atoms with Crippen molar-refractivity contribution in [3.05, 3.63) is 59.2 Å². The monoisotopic (exact) mass is 400 g/mol. The van der Waals surface area contributed by atoms with Gasteiger partial charge in [-0.1, -0.05) is 30.3 Å². The van der Waals surface area contributed by atoms with Crippen LogP contribution in [0.5, 0.6) is 11.5 Å². The van der Waals surface area contributed by atoms with Gasteiger partial charge in [0, 0.05) is 19.1 Å². The molecule has 0 saturated carbocycles. The maximum atomic E-state index is 10.2. The van der Waals surface area contributed by atoms with Crippen molar-refractivity contribution in [1.82, 2.24) is 10.2 Å². The first kappa shape index (κ1) is 23.2. The van der Waals surface area contributed by atoms with Gasteiger partial charge in [-0.15, -0.1) is 0 Å². The number of aliphatic hydroxyl groups excluding tert-OH is 1. The predicted molar refractivity (Wildman–Crippen MR) is 119 cm³/mol. The second-order valence-electron chi connectivity index (χ2n) is 7.84. The van der Waals surface area contributed by atoms with Crippen LogP contribution < -0.4 is 14.8 Å². The fourth-order valence-electron chi connectivity index (χ4n) is 3.07. The number of methoxy groups -OCH3 is 1. The van der Waals surface area contributed by atoms with Crippen molar-refractivity contribution in [2.45, 2.75) is 45.9 Å². The number of benzene rings is 2. The van der Waals surface area contributed by atoms with Gasteiger partial charge in [-0.25, -0.2) is 0 Å². The van der Waals surface area contributed by atoms with Gasteiger partial charge < -0.3 is 24.8 Å². The van der Waals surface area contributed by atoms with Crippen molar-refractivity contribution in [2.24, 2.45) is 0 Å². The fraction of sp³-hybridized carbons (Fsp3) is 0.500. The highest BCUT2D eigenvalue weighted by Gasteiger charge is 2.13. The van der Waals surface area contributed by atoms with E-state index < -0.39 is 6.10 Å². The smallest absolute Gasteiger partial charge is 0.161 e. The first-order valence-electron chi connectivity index (χ1n) is 10.3. The molecule has 2 aromatic carbocycles. The van der Waals surface area contributed by atoms with Crippen LogP contribution in [-0.4, -0.2) is 56.0 Å². The van der Waals surface area contributed by atoms with E-state index in [4.69, 9.17) is 9.47 Å². The zero-order valence-corrected chi connectivity index (χ0v) is 18.4. The highest BCUT2D eigenvalue weighted by molar-refractivity contribution is 5.43. The number of aryl methyl sites for hydroxylation is 1. The molecule has 0 heterocycles. The maximum Gasteiger partial charge on any atom is 0.161 e. The van der Waals surface area contributed by atoms with Gasteiger partial charge in [0.2, 0.25) is 0 Å². The number of nitrogens with zero attached hydrogens (tertiary/aromatic N) is 1. The Balaban J connectivity index is 1.82. The van der Waals surface area contributed by atoms with Gasteiger partial charge in [-0.3, -0.25) is 0 Å². The number of hydrogen-bond donors (Lipinski definition) is 2. The van der Waals surface area contributed by atoms with Gasteiger partial charge >= 0.3 is 0 Å². The molecular weight excluding hydrogens is 364 g/mol. The van der Waals surface area contributed by atoms with E-state index in [1.165, 1.54) is 11.1 Å². The van der Waals surface area contributed by atoms with Crippen LogP contribution in [0.15, 0.2) is 42.5 Å². The predicted octanol–water partition coefficient (Wildman–Crippen LogP) is 3.42. The van der Waals surface area contributed by atoms with Crippen LogP contribution in [0.3, 0.4) is 0 Å². The number of rotatable bonds is 12. The van der Waals surface area contributed by atoms with Crippen molar-refractivity contribution >= 4 is 0 Å². The van der Waals surface area contributed by atoms with E-state index >= 15 is 0 Å². The Morgan fingerprint density at radius 1 is 1.10 bits per heavy atom. The molecule has 5 nitrogen and oxygen atoms in total. The van der Waals surface area contributed by atoms with E-state index in [-0.39, 0.29) is 6.61 Å². The summed E-state index contributed by atoms with van der Waals surface area (Å²) in [5.74, 6) is 1.34. The summed E-state index contributed by atoms with van der Waals surface area (Å²) in [6.07, 6.45) is 0.461. The third-order valence-corrected chi connectivity index (χ3v) is 5.20. The largest absolute Gasteiger partial charge is 0.493 e. The quantitative estimate of drug-likeness (QED) is 0.535. The Morgan fingerprint density at radius 3 is 2.55 bits per heavy atom. The van der Waals surface area contributed by atoms with Crippen LogP contribution in [0.1, 0.15) is 30.5 Å². The summed E-state index contributed by atoms with van der Waals surface area (Å²) >= 11 is 0. The summed E-state index contributed by atoms with van der Waals surface area (Å²) in [7, 11) is 3.63.